The van der Waals surface area contributed by atoms with Crippen LogP contribution in [0.15, 0.2) is 22.7 Å². The normalized spacial score (nSPS) is 10.8. The zero-order valence-corrected chi connectivity index (χ0v) is 13.6. The molecule has 0 radical (unpaired) electrons. The summed E-state index contributed by atoms with van der Waals surface area (Å²) in [5.41, 5.74) is 1.13. The number of rotatable bonds is 6. The Bertz CT molecular complexity index is 583. The summed E-state index contributed by atoms with van der Waals surface area (Å²) in [5.74, 6) is 2.55. The van der Waals surface area contributed by atoms with Crippen LogP contribution in [0, 0.1) is 6.92 Å². The second-order valence-corrected chi connectivity index (χ2v) is 5.37. The highest BCUT2D eigenvalue weighted by molar-refractivity contribution is 9.10. The van der Waals surface area contributed by atoms with Gasteiger partial charge < -0.3 is 14.6 Å². The third-order valence-electron chi connectivity index (χ3n) is 3.14. The smallest absolute Gasteiger partial charge is 0.170 e. The summed E-state index contributed by atoms with van der Waals surface area (Å²) in [7, 11) is 1.94. The third-order valence-corrected chi connectivity index (χ3v) is 3.77. The van der Waals surface area contributed by atoms with E-state index in [9.17, 15) is 0 Å². The zero-order chi connectivity index (χ0) is 14.5. The van der Waals surface area contributed by atoms with Crippen LogP contribution >= 0.6 is 15.9 Å². The monoisotopic (exact) mass is 338 g/mol. The molecule has 0 aliphatic rings. The van der Waals surface area contributed by atoms with E-state index in [1.165, 1.54) is 0 Å². The highest BCUT2D eigenvalue weighted by atomic mass is 79.9. The van der Waals surface area contributed by atoms with Crippen LogP contribution in [-0.2, 0) is 20.2 Å². The average molecular weight is 339 g/mol. The minimum atomic E-state index is 0.402. The lowest BCUT2D eigenvalue weighted by Crippen LogP contribution is -2.13. The van der Waals surface area contributed by atoms with Crippen LogP contribution in [0.2, 0.25) is 0 Å². The molecule has 0 bridgehead atoms. The third kappa shape index (κ3) is 3.37. The van der Waals surface area contributed by atoms with E-state index < -0.39 is 0 Å². The lowest BCUT2D eigenvalue weighted by atomic mass is 10.2. The van der Waals surface area contributed by atoms with E-state index in [0.29, 0.717) is 6.61 Å². The number of hydrogen-bond donors (Lipinski definition) is 1. The highest BCUT2D eigenvalue weighted by Crippen LogP contribution is 2.29. The van der Waals surface area contributed by atoms with Gasteiger partial charge in [0.15, 0.2) is 5.82 Å². The molecule has 1 aromatic heterocycles. The molecule has 108 valence electrons. The maximum absolute atomic E-state index is 5.93. The molecule has 0 saturated carbocycles. The number of halogens is 1. The van der Waals surface area contributed by atoms with Crippen molar-refractivity contribution in [2.45, 2.75) is 27.0 Å². The van der Waals surface area contributed by atoms with Gasteiger partial charge >= 0.3 is 0 Å². The fourth-order valence-electron chi connectivity index (χ4n) is 1.83. The van der Waals surface area contributed by atoms with Crippen molar-refractivity contribution < 1.29 is 4.74 Å². The minimum absolute atomic E-state index is 0.402. The summed E-state index contributed by atoms with van der Waals surface area (Å²) >= 11 is 3.54. The number of hydrogen-bond acceptors (Lipinski definition) is 4. The molecule has 0 atom stereocenters. The summed E-state index contributed by atoms with van der Waals surface area (Å²) < 4.78 is 8.82. The van der Waals surface area contributed by atoms with Crippen LogP contribution < -0.4 is 10.1 Å². The van der Waals surface area contributed by atoms with E-state index in [-0.39, 0.29) is 0 Å². The van der Waals surface area contributed by atoms with Gasteiger partial charge in [0, 0.05) is 19.2 Å². The van der Waals surface area contributed by atoms with E-state index in [0.717, 1.165) is 40.5 Å². The van der Waals surface area contributed by atoms with Gasteiger partial charge in [-0.2, -0.15) is 0 Å². The molecule has 2 rings (SSSR count). The molecule has 2 aromatic rings. The van der Waals surface area contributed by atoms with Crippen molar-refractivity contribution in [1.82, 2.24) is 20.1 Å². The first-order valence-electron chi connectivity index (χ1n) is 6.59. The van der Waals surface area contributed by atoms with Crippen LogP contribution in [0.25, 0.3) is 0 Å². The molecular weight excluding hydrogens is 320 g/mol. The predicted molar refractivity (Wildman–Crippen MR) is 81.6 cm³/mol. The van der Waals surface area contributed by atoms with Gasteiger partial charge in [0.1, 0.15) is 18.2 Å². The molecular formula is C14H19BrN4O. The second kappa shape index (κ2) is 6.85. The van der Waals surface area contributed by atoms with Gasteiger partial charge in [-0.15, -0.1) is 10.2 Å². The first-order chi connectivity index (χ1) is 9.63. The van der Waals surface area contributed by atoms with Gasteiger partial charge in [0.25, 0.3) is 0 Å². The summed E-state index contributed by atoms with van der Waals surface area (Å²) in [5, 5.41) is 11.5. The largest absolute Gasteiger partial charge is 0.484 e. The maximum Gasteiger partial charge on any atom is 0.170 e. The molecule has 0 fully saturated rings. The molecule has 0 unspecified atom stereocenters. The Morgan fingerprint density at radius 3 is 2.80 bits per heavy atom. The predicted octanol–water partition coefficient (Wildman–Crippen LogP) is 2.57. The van der Waals surface area contributed by atoms with Crippen molar-refractivity contribution in [3.8, 4) is 5.75 Å². The Balaban J connectivity index is 2.14. The van der Waals surface area contributed by atoms with Crippen LogP contribution in [0.5, 0.6) is 5.75 Å². The van der Waals surface area contributed by atoms with Gasteiger partial charge in [-0.3, -0.25) is 0 Å². The van der Waals surface area contributed by atoms with Gasteiger partial charge in [-0.05, 0) is 35.5 Å². The SMILES string of the molecule is CCNCc1cccc(Br)c1OCc1nnc(C)n1C. The number of nitrogens with zero attached hydrogens (tertiary/aromatic N) is 3. The van der Waals surface area contributed by atoms with Gasteiger partial charge in [0.2, 0.25) is 0 Å². The zero-order valence-electron chi connectivity index (χ0n) is 12.0. The lowest BCUT2D eigenvalue weighted by molar-refractivity contribution is 0.285. The van der Waals surface area contributed by atoms with Crippen molar-refractivity contribution in [3.63, 3.8) is 0 Å². The van der Waals surface area contributed by atoms with E-state index in [4.69, 9.17) is 4.74 Å². The van der Waals surface area contributed by atoms with E-state index in [1.54, 1.807) is 0 Å². The number of benzene rings is 1. The number of para-hydroxylation sites is 1. The van der Waals surface area contributed by atoms with Gasteiger partial charge in [0.05, 0.1) is 4.47 Å². The van der Waals surface area contributed by atoms with Crippen LogP contribution in [-0.4, -0.2) is 21.3 Å². The molecule has 5 nitrogen and oxygen atoms in total. The van der Waals surface area contributed by atoms with Crippen molar-refractivity contribution in [1.29, 1.82) is 0 Å². The fourth-order valence-corrected chi connectivity index (χ4v) is 2.35. The molecule has 1 aromatic carbocycles. The van der Waals surface area contributed by atoms with Crippen molar-refractivity contribution in [2.75, 3.05) is 6.54 Å². The number of aromatic nitrogens is 3. The molecule has 6 heteroatoms. The van der Waals surface area contributed by atoms with E-state index in [1.807, 2.05) is 30.7 Å². The number of aryl methyl sites for hydroxylation is 1. The fraction of sp³-hybridized carbons (Fsp3) is 0.429. The Hall–Kier alpha value is -1.40. The first-order valence-corrected chi connectivity index (χ1v) is 7.38. The molecule has 0 aliphatic heterocycles. The summed E-state index contributed by atoms with van der Waals surface area (Å²) in [6, 6.07) is 6.05. The molecule has 20 heavy (non-hydrogen) atoms. The Morgan fingerprint density at radius 1 is 1.35 bits per heavy atom. The van der Waals surface area contributed by atoms with Crippen molar-refractivity contribution in [3.05, 3.63) is 39.9 Å². The summed E-state index contributed by atoms with van der Waals surface area (Å²) in [6.07, 6.45) is 0. The molecule has 0 spiro atoms. The first kappa shape index (κ1) is 15.0. The summed E-state index contributed by atoms with van der Waals surface area (Å²) in [4.78, 5) is 0. The molecule has 0 aliphatic carbocycles. The topological polar surface area (TPSA) is 52.0 Å². The van der Waals surface area contributed by atoms with Crippen LogP contribution in [0.1, 0.15) is 24.1 Å². The quantitative estimate of drug-likeness (QED) is 0.879. The molecule has 1 heterocycles. The van der Waals surface area contributed by atoms with E-state index >= 15 is 0 Å². The molecule has 1 N–H and O–H groups in total. The standard InChI is InChI=1S/C14H19BrN4O/c1-4-16-8-11-6-5-7-12(15)14(11)20-9-13-18-17-10(2)19(13)3/h5-7,16H,4,8-9H2,1-3H3. The lowest BCUT2D eigenvalue weighted by Gasteiger charge is -2.13. The van der Waals surface area contributed by atoms with Gasteiger partial charge in [-0.1, -0.05) is 19.1 Å². The Morgan fingerprint density at radius 2 is 2.15 bits per heavy atom. The Labute approximate surface area is 127 Å². The van der Waals surface area contributed by atoms with Crippen LogP contribution in [0.4, 0.5) is 0 Å². The number of ether oxygens (including phenoxy) is 1. The maximum atomic E-state index is 5.93. The highest BCUT2D eigenvalue weighted by Gasteiger charge is 2.11. The van der Waals surface area contributed by atoms with E-state index in [2.05, 4.69) is 44.4 Å². The molecule has 0 amide bonds. The second-order valence-electron chi connectivity index (χ2n) is 4.52. The summed E-state index contributed by atoms with van der Waals surface area (Å²) in [6.45, 7) is 6.11. The minimum Gasteiger partial charge on any atom is -0.484 e. The van der Waals surface area contributed by atoms with Crippen molar-refractivity contribution >= 4 is 15.9 Å². The van der Waals surface area contributed by atoms with Crippen molar-refractivity contribution in [2.24, 2.45) is 7.05 Å². The average Bonchev–Trinajstić information content (AvgIpc) is 2.76. The Kier molecular flexibility index (Phi) is 5.14. The molecule has 0 saturated heterocycles. The van der Waals surface area contributed by atoms with Crippen LogP contribution in [0.3, 0.4) is 0 Å². The number of nitrogens with one attached hydrogen (secondary N) is 1. The van der Waals surface area contributed by atoms with Gasteiger partial charge in [-0.25, -0.2) is 0 Å².